The molecular weight excluding hydrogens is 356 g/mol. The molecule has 3 rings (SSSR count). The van der Waals surface area contributed by atoms with E-state index >= 15 is 0 Å². The van der Waals surface area contributed by atoms with Crippen LogP contribution in [0.4, 0.5) is 11.4 Å². The number of terminal acetylenes is 1. The van der Waals surface area contributed by atoms with Gasteiger partial charge in [-0.05, 0) is 30.3 Å². The molecule has 1 aliphatic rings. The Balaban J connectivity index is 1.55. The smallest absolute Gasteiger partial charge is 0.243 e. The minimum Gasteiger partial charge on any atom is -0.490 e. The molecule has 0 saturated carbocycles. The summed E-state index contributed by atoms with van der Waals surface area (Å²) in [6.45, 7) is 1.30. The number of rotatable bonds is 4. The second kappa shape index (κ2) is 9.33. The number of nitrogens with one attached hydrogen (secondary N) is 3. The van der Waals surface area contributed by atoms with E-state index in [0.717, 1.165) is 17.9 Å². The molecular formula is C21H22N4O3. The average molecular weight is 378 g/mol. The van der Waals surface area contributed by atoms with Crippen LogP contribution >= 0.6 is 0 Å². The number of hydrogen-bond acceptors (Lipinski definition) is 4. The first kappa shape index (κ1) is 19.1. The molecule has 1 amide bonds. The molecule has 0 saturated heterocycles. The molecule has 7 heteroatoms. The fraction of sp³-hybridized carbons (Fsp3) is 0.238. The van der Waals surface area contributed by atoms with Crippen molar-refractivity contribution in [3.05, 3.63) is 48.0 Å². The molecule has 1 aliphatic heterocycles. The zero-order chi connectivity index (χ0) is 19.8. The number of fused-ring (bicyclic) bond motifs is 1. The van der Waals surface area contributed by atoms with Crippen molar-refractivity contribution < 1.29 is 14.3 Å². The lowest BCUT2D eigenvalue weighted by Gasteiger charge is -2.14. The normalized spacial score (nSPS) is 13.1. The molecule has 144 valence electrons. The zero-order valence-corrected chi connectivity index (χ0v) is 15.6. The van der Waals surface area contributed by atoms with Gasteiger partial charge in [0, 0.05) is 36.5 Å². The molecule has 0 aliphatic carbocycles. The van der Waals surface area contributed by atoms with Crippen molar-refractivity contribution in [2.24, 2.45) is 4.99 Å². The van der Waals surface area contributed by atoms with Gasteiger partial charge in [-0.15, -0.1) is 6.42 Å². The van der Waals surface area contributed by atoms with Gasteiger partial charge in [-0.25, -0.2) is 0 Å². The van der Waals surface area contributed by atoms with E-state index in [1.165, 1.54) is 0 Å². The van der Waals surface area contributed by atoms with Crippen LogP contribution in [-0.4, -0.2) is 38.7 Å². The van der Waals surface area contributed by atoms with Crippen molar-refractivity contribution in [2.45, 2.75) is 6.42 Å². The van der Waals surface area contributed by atoms with Crippen molar-refractivity contribution in [2.75, 3.05) is 37.4 Å². The molecule has 0 spiro atoms. The Bertz CT molecular complexity index is 918. The summed E-state index contributed by atoms with van der Waals surface area (Å²) in [5.74, 6) is 4.19. The highest BCUT2D eigenvalue weighted by atomic mass is 16.5. The van der Waals surface area contributed by atoms with Gasteiger partial charge in [0.2, 0.25) is 5.91 Å². The van der Waals surface area contributed by atoms with E-state index in [1.54, 1.807) is 31.3 Å². The van der Waals surface area contributed by atoms with Gasteiger partial charge in [-0.2, -0.15) is 0 Å². The van der Waals surface area contributed by atoms with Crippen LogP contribution in [0.25, 0.3) is 0 Å². The highest BCUT2D eigenvalue weighted by molar-refractivity contribution is 5.99. The third-order valence-corrected chi connectivity index (χ3v) is 3.96. The van der Waals surface area contributed by atoms with Gasteiger partial charge in [0.15, 0.2) is 17.5 Å². The van der Waals surface area contributed by atoms with Crippen molar-refractivity contribution in [3.63, 3.8) is 0 Å². The van der Waals surface area contributed by atoms with E-state index in [4.69, 9.17) is 15.9 Å². The maximum Gasteiger partial charge on any atom is 0.243 e. The first-order valence-electron chi connectivity index (χ1n) is 8.92. The summed E-state index contributed by atoms with van der Waals surface area (Å²) in [6.07, 6.45) is 6.22. The van der Waals surface area contributed by atoms with Crippen LogP contribution in [0.5, 0.6) is 11.5 Å². The Morgan fingerprint density at radius 1 is 1.11 bits per heavy atom. The number of guanidine groups is 1. The number of aliphatic imine (C=N–C) groups is 1. The van der Waals surface area contributed by atoms with Gasteiger partial charge in [-0.1, -0.05) is 12.0 Å². The fourth-order valence-electron chi connectivity index (χ4n) is 2.61. The van der Waals surface area contributed by atoms with E-state index in [9.17, 15) is 4.79 Å². The Labute approximate surface area is 164 Å². The van der Waals surface area contributed by atoms with Crippen molar-refractivity contribution in [1.29, 1.82) is 0 Å². The van der Waals surface area contributed by atoms with Gasteiger partial charge in [0.25, 0.3) is 0 Å². The predicted molar refractivity (Wildman–Crippen MR) is 110 cm³/mol. The number of hydrogen-bond donors (Lipinski definition) is 3. The molecule has 3 N–H and O–H groups in total. The van der Waals surface area contributed by atoms with Crippen LogP contribution < -0.4 is 25.4 Å². The Morgan fingerprint density at radius 3 is 2.68 bits per heavy atom. The second-order valence-corrected chi connectivity index (χ2v) is 6.04. The predicted octanol–water partition coefficient (Wildman–Crippen LogP) is 2.46. The molecule has 0 fully saturated rings. The number of benzene rings is 2. The zero-order valence-electron chi connectivity index (χ0n) is 15.6. The SMILES string of the molecule is C#Cc1cccc(NC(=O)CNC(=NC)Nc2ccc3c(c2)OCCCO3)c1. The molecule has 0 atom stereocenters. The Hall–Kier alpha value is -3.66. The van der Waals surface area contributed by atoms with Crippen molar-refractivity contribution >= 4 is 23.2 Å². The van der Waals surface area contributed by atoms with E-state index in [1.807, 2.05) is 18.2 Å². The number of carbonyl (C=O) groups excluding carboxylic acids is 1. The maximum absolute atomic E-state index is 12.2. The maximum atomic E-state index is 12.2. The van der Waals surface area contributed by atoms with Crippen molar-refractivity contribution in [1.82, 2.24) is 5.32 Å². The van der Waals surface area contributed by atoms with Gasteiger partial charge in [-0.3, -0.25) is 9.79 Å². The molecule has 0 aromatic heterocycles. The summed E-state index contributed by atoms with van der Waals surface area (Å²) in [5.41, 5.74) is 2.13. The molecule has 7 nitrogen and oxygen atoms in total. The van der Waals surface area contributed by atoms with E-state index in [2.05, 4.69) is 26.9 Å². The highest BCUT2D eigenvalue weighted by Gasteiger charge is 2.12. The molecule has 0 unspecified atom stereocenters. The van der Waals surface area contributed by atoms with Crippen LogP contribution in [0, 0.1) is 12.3 Å². The summed E-state index contributed by atoms with van der Waals surface area (Å²) in [5, 5.41) is 8.90. The summed E-state index contributed by atoms with van der Waals surface area (Å²) in [7, 11) is 1.63. The Kier molecular flexibility index (Phi) is 6.37. The van der Waals surface area contributed by atoms with Gasteiger partial charge in [0.05, 0.1) is 19.8 Å². The fourth-order valence-corrected chi connectivity index (χ4v) is 2.61. The number of anilines is 2. The number of amides is 1. The quantitative estimate of drug-likeness (QED) is 0.432. The molecule has 2 aromatic rings. The molecule has 0 bridgehead atoms. The minimum absolute atomic E-state index is 0.0461. The first-order chi connectivity index (χ1) is 13.7. The Morgan fingerprint density at radius 2 is 1.89 bits per heavy atom. The van der Waals surface area contributed by atoms with Crippen LogP contribution in [0.2, 0.25) is 0 Å². The summed E-state index contributed by atoms with van der Waals surface area (Å²) in [4.78, 5) is 16.3. The first-order valence-corrected chi connectivity index (χ1v) is 8.92. The van der Waals surface area contributed by atoms with Crippen LogP contribution in [0.3, 0.4) is 0 Å². The minimum atomic E-state index is -0.212. The topological polar surface area (TPSA) is 84.0 Å². The summed E-state index contributed by atoms with van der Waals surface area (Å²) in [6, 6.07) is 12.7. The van der Waals surface area contributed by atoms with Crippen LogP contribution in [0.15, 0.2) is 47.5 Å². The monoisotopic (exact) mass is 378 g/mol. The van der Waals surface area contributed by atoms with Crippen LogP contribution in [-0.2, 0) is 4.79 Å². The lowest BCUT2D eigenvalue weighted by Crippen LogP contribution is -2.37. The average Bonchev–Trinajstić information content (AvgIpc) is 2.96. The molecule has 1 heterocycles. The number of nitrogens with zero attached hydrogens (tertiary/aromatic N) is 1. The molecule has 0 radical (unpaired) electrons. The van der Waals surface area contributed by atoms with Gasteiger partial charge >= 0.3 is 0 Å². The molecule has 28 heavy (non-hydrogen) atoms. The summed E-state index contributed by atoms with van der Waals surface area (Å²) >= 11 is 0. The van der Waals surface area contributed by atoms with Gasteiger partial charge < -0.3 is 25.4 Å². The number of ether oxygens (including phenoxy) is 2. The van der Waals surface area contributed by atoms with Crippen molar-refractivity contribution in [3.8, 4) is 23.8 Å². The van der Waals surface area contributed by atoms with E-state index in [0.29, 0.717) is 36.2 Å². The standard InChI is InChI=1S/C21H22N4O3/c1-3-15-6-4-7-16(12-15)24-20(26)14-23-21(22-2)25-17-8-9-18-19(13-17)28-11-5-10-27-18/h1,4,6-9,12-13H,5,10-11,14H2,2H3,(H,24,26)(H2,22,23,25). The van der Waals surface area contributed by atoms with Crippen LogP contribution in [0.1, 0.15) is 12.0 Å². The lowest BCUT2D eigenvalue weighted by molar-refractivity contribution is -0.115. The van der Waals surface area contributed by atoms with E-state index < -0.39 is 0 Å². The lowest BCUT2D eigenvalue weighted by atomic mass is 10.2. The molecule has 2 aromatic carbocycles. The summed E-state index contributed by atoms with van der Waals surface area (Å²) < 4.78 is 11.3. The second-order valence-electron chi connectivity index (χ2n) is 6.04. The largest absolute Gasteiger partial charge is 0.490 e. The van der Waals surface area contributed by atoms with Gasteiger partial charge in [0.1, 0.15) is 0 Å². The van der Waals surface area contributed by atoms with E-state index in [-0.39, 0.29) is 12.5 Å². The number of carbonyl (C=O) groups is 1. The third-order valence-electron chi connectivity index (χ3n) is 3.96. The third kappa shape index (κ3) is 5.17. The highest BCUT2D eigenvalue weighted by Crippen LogP contribution is 2.32.